The number of thiazole rings is 1. The zero-order valence-corrected chi connectivity index (χ0v) is 9.85. The van der Waals surface area contributed by atoms with Crippen molar-refractivity contribution in [1.82, 2.24) is 10.3 Å². The lowest BCUT2D eigenvalue weighted by molar-refractivity contribution is 0.690. The Morgan fingerprint density at radius 2 is 1.93 bits per heavy atom. The molecule has 0 atom stereocenters. The average molecular weight is 241 g/mol. The van der Waals surface area contributed by atoms with Crippen LogP contribution in [0.2, 0.25) is 0 Å². The van der Waals surface area contributed by atoms with Gasteiger partial charge in [0.05, 0.1) is 0 Å². The zero-order chi connectivity index (χ0) is 9.64. The van der Waals surface area contributed by atoms with Gasteiger partial charge in [-0.3, -0.25) is 0 Å². The largest absolute Gasteiger partial charge is 0.306 e. The van der Waals surface area contributed by atoms with Gasteiger partial charge in [0, 0.05) is 24.7 Å². The van der Waals surface area contributed by atoms with Gasteiger partial charge in [-0.1, -0.05) is 30.3 Å². The van der Waals surface area contributed by atoms with Crippen molar-refractivity contribution in [1.29, 1.82) is 0 Å². The molecule has 0 aliphatic heterocycles. The quantitative estimate of drug-likeness (QED) is 0.889. The molecule has 0 aliphatic carbocycles. The van der Waals surface area contributed by atoms with Gasteiger partial charge in [0.2, 0.25) is 0 Å². The van der Waals surface area contributed by atoms with Crippen molar-refractivity contribution in [2.24, 2.45) is 0 Å². The minimum Gasteiger partial charge on any atom is -0.306 e. The molecule has 2 nitrogen and oxygen atoms in total. The highest BCUT2D eigenvalue weighted by Crippen LogP contribution is 2.03. The maximum atomic E-state index is 4.20. The lowest BCUT2D eigenvalue weighted by atomic mass is 10.2. The number of rotatable bonds is 4. The molecule has 0 saturated carbocycles. The number of benzene rings is 1. The highest BCUT2D eigenvalue weighted by molar-refractivity contribution is 7.09. The molecular weight excluding hydrogens is 228 g/mol. The maximum Gasteiger partial charge on any atom is 0.106 e. The minimum absolute atomic E-state index is 0. The van der Waals surface area contributed by atoms with Gasteiger partial charge in [0.1, 0.15) is 5.01 Å². The topological polar surface area (TPSA) is 24.9 Å². The Morgan fingerprint density at radius 1 is 1.13 bits per heavy atom. The fourth-order valence-electron chi connectivity index (χ4n) is 1.25. The predicted molar refractivity (Wildman–Crippen MR) is 66.3 cm³/mol. The van der Waals surface area contributed by atoms with Gasteiger partial charge in [-0.05, 0) is 5.56 Å². The molecule has 15 heavy (non-hydrogen) atoms. The molecule has 0 saturated heterocycles. The van der Waals surface area contributed by atoms with Crippen LogP contribution in [0, 0.1) is 0 Å². The van der Waals surface area contributed by atoms with E-state index in [4.69, 9.17) is 0 Å². The Labute approximate surface area is 99.8 Å². The molecular formula is C11H13ClN2S. The van der Waals surface area contributed by atoms with Crippen LogP contribution in [0.25, 0.3) is 0 Å². The van der Waals surface area contributed by atoms with E-state index in [9.17, 15) is 0 Å². The van der Waals surface area contributed by atoms with E-state index in [1.54, 1.807) is 11.3 Å². The summed E-state index contributed by atoms with van der Waals surface area (Å²) in [5.74, 6) is 0. The van der Waals surface area contributed by atoms with Crippen molar-refractivity contribution in [3.8, 4) is 0 Å². The van der Waals surface area contributed by atoms with Gasteiger partial charge < -0.3 is 5.32 Å². The van der Waals surface area contributed by atoms with E-state index in [0.717, 1.165) is 18.1 Å². The van der Waals surface area contributed by atoms with E-state index in [1.807, 2.05) is 17.6 Å². The predicted octanol–water partition coefficient (Wildman–Crippen LogP) is 2.85. The first kappa shape index (κ1) is 12.2. The SMILES string of the molecule is Cl.c1ccc(CNCc2nccs2)cc1. The summed E-state index contributed by atoms with van der Waals surface area (Å²) in [5, 5.41) is 6.49. The molecule has 1 aromatic heterocycles. The first-order valence-corrected chi connectivity index (χ1v) is 5.46. The standard InChI is InChI=1S/C11H12N2S.ClH/c1-2-4-10(5-3-1)8-12-9-11-13-6-7-14-11;/h1-7,12H,8-9H2;1H. The molecule has 0 amide bonds. The molecule has 2 rings (SSSR count). The third kappa shape index (κ3) is 4.00. The number of hydrogen-bond donors (Lipinski definition) is 1. The van der Waals surface area contributed by atoms with Crippen LogP contribution in [-0.2, 0) is 13.1 Å². The van der Waals surface area contributed by atoms with Gasteiger partial charge in [-0.2, -0.15) is 0 Å². The fraction of sp³-hybridized carbons (Fsp3) is 0.182. The summed E-state index contributed by atoms with van der Waals surface area (Å²) in [6.07, 6.45) is 1.84. The van der Waals surface area contributed by atoms with Crippen LogP contribution in [0.5, 0.6) is 0 Å². The molecule has 1 heterocycles. The van der Waals surface area contributed by atoms with Crippen molar-refractivity contribution in [3.63, 3.8) is 0 Å². The first-order chi connectivity index (χ1) is 6.95. The second-order valence-corrected chi connectivity index (χ2v) is 3.99. The van der Waals surface area contributed by atoms with Crippen LogP contribution in [-0.4, -0.2) is 4.98 Å². The molecule has 1 aromatic carbocycles. The Hall–Kier alpha value is -0.900. The number of halogens is 1. The molecule has 0 unspecified atom stereocenters. The van der Waals surface area contributed by atoms with E-state index in [0.29, 0.717) is 0 Å². The maximum absolute atomic E-state index is 4.20. The molecule has 1 N–H and O–H groups in total. The third-order valence-corrected chi connectivity index (χ3v) is 2.71. The Bertz CT molecular complexity index is 361. The fourth-order valence-corrected chi connectivity index (χ4v) is 1.84. The monoisotopic (exact) mass is 240 g/mol. The average Bonchev–Trinajstić information content (AvgIpc) is 2.72. The highest BCUT2D eigenvalue weighted by atomic mass is 35.5. The first-order valence-electron chi connectivity index (χ1n) is 4.58. The summed E-state index contributed by atoms with van der Waals surface area (Å²) >= 11 is 1.68. The van der Waals surface area contributed by atoms with Gasteiger partial charge in [0.15, 0.2) is 0 Å². The Morgan fingerprint density at radius 3 is 2.60 bits per heavy atom. The molecule has 80 valence electrons. The summed E-state index contributed by atoms with van der Waals surface area (Å²) in [6, 6.07) is 10.4. The van der Waals surface area contributed by atoms with E-state index in [1.165, 1.54) is 5.56 Å². The zero-order valence-electron chi connectivity index (χ0n) is 8.22. The van der Waals surface area contributed by atoms with E-state index >= 15 is 0 Å². The van der Waals surface area contributed by atoms with E-state index < -0.39 is 0 Å². The van der Waals surface area contributed by atoms with Crippen LogP contribution < -0.4 is 5.32 Å². The summed E-state index contributed by atoms with van der Waals surface area (Å²) in [4.78, 5) is 4.20. The Balaban J connectivity index is 0.00000112. The molecule has 4 heteroatoms. The van der Waals surface area contributed by atoms with Crippen molar-refractivity contribution >= 4 is 23.7 Å². The number of nitrogens with zero attached hydrogens (tertiary/aromatic N) is 1. The lowest BCUT2D eigenvalue weighted by Gasteiger charge is -2.01. The molecule has 0 radical (unpaired) electrons. The molecule has 0 spiro atoms. The van der Waals surface area contributed by atoms with E-state index in [-0.39, 0.29) is 12.4 Å². The summed E-state index contributed by atoms with van der Waals surface area (Å²) in [7, 11) is 0. The van der Waals surface area contributed by atoms with Crippen molar-refractivity contribution in [2.75, 3.05) is 0 Å². The van der Waals surface area contributed by atoms with Crippen molar-refractivity contribution < 1.29 is 0 Å². The van der Waals surface area contributed by atoms with E-state index in [2.05, 4.69) is 34.6 Å². The van der Waals surface area contributed by atoms with Crippen LogP contribution in [0.15, 0.2) is 41.9 Å². The third-order valence-electron chi connectivity index (χ3n) is 1.93. The van der Waals surface area contributed by atoms with Gasteiger partial charge in [-0.25, -0.2) is 4.98 Å². The number of nitrogens with one attached hydrogen (secondary N) is 1. The molecule has 2 aromatic rings. The van der Waals surface area contributed by atoms with Crippen LogP contribution in [0.3, 0.4) is 0 Å². The van der Waals surface area contributed by atoms with Crippen LogP contribution >= 0.6 is 23.7 Å². The van der Waals surface area contributed by atoms with Gasteiger partial charge >= 0.3 is 0 Å². The smallest absolute Gasteiger partial charge is 0.106 e. The molecule has 0 aliphatic rings. The summed E-state index contributed by atoms with van der Waals surface area (Å²) in [6.45, 7) is 1.76. The molecule has 0 fully saturated rings. The van der Waals surface area contributed by atoms with Crippen LogP contribution in [0.4, 0.5) is 0 Å². The van der Waals surface area contributed by atoms with Crippen molar-refractivity contribution in [3.05, 3.63) is 52.5 Å². The number of aromatic nitrogens is 1. The second-order valence-electron chi connectivity index (χ2n) is 3.01. The summed E-state index contributed by atoms with van der Waals surface area (Å²) in [5.41, 5.74) is 1.31. The van der Waals surface area contributed by atoms with Crippen LogP contribution in [0.1, 0.15) is 10.6 Å². The highest BCUT2D eigenvalue weighted by Gasteiger charge is 1.94. The number of hydrogen-bond acceptors (Lipinski definition) is 3. The normalized spacial score (nSPS) is 9.60. The minimum atomic E-state index is 0. The second kappa shape index (κ2) is 6.56. The van der Waals surface area contributed by atoms with Gasteiger partial charge in [-0.15, -0.1) is 23.7 Å². The van der Waals surface area contributed by atoms with Crippen molar-refractivity contribution in [2.45, 2.75) is 13.1 Å². The summed E-state index contributed by atoms with van der Waals surface area (Å²) < 4.78 is 0. The Kier molecular flexibility index (Phi) is 5.32. The molecule has 0 bridgehead atoms. The van der Waals surface area contributed by atoms with Gasteiger partial charge in [0.25, 0.3) is 0 Å². The lowest BCUT2D eigenvalue weighted by Crippen LogP contribution is -2.12.